The number of rotatable bonds is 9. The van der Waals surface area contributed by atoms with E-state index >= 15 is 0 Å². The van der Waals surface area contributed by atoms with Crippen molar-refractivity contribution < 1.29 is 28.3 Å². The largest absolute Gasteiger partial charge is 0.497 e. The van der Waals surface area contributed by atoms with Crippen molar-refractivity contribution in [2.45, 2.75) is 26.5 Å². The number of benzene rings is 2. The Balaban J connectivity index is 1.63. The van der Waals surface area contributed by atoms with Crippen molar-refractivity contribution in [3.05, 3.63) is 81.3 Å². The highest BCUT2D eigenvalue weighted by Gasteiger charge is 2.19. The topological polar surface area (TPSA) is 113 Å². The molecule has 3 aromatic rings. The molecule has 32 heavy (non-hydrogen) atoms. The van der Waals surface area contributed by atoms with E-state index in [1.165, 1.54) is 12.1 Å². The maximum atomic E-state index is 12.6. The van der Waals surface area contributed by atoms with Gasteiger partial charge in [0.1, 0.15) is 29.6 Å². The van der Waals surface area contributed by atoms with Crippen LogP contribution in [0.25, 0.3) is 0 Å². The number of aryl methyl sites for hydroxylation is 1. The van der Waals surface area contributed by atoms with Crippen LogP contribution in [0.15, 0.2) is 52.9 Å². The Morgan fingerprint density at radius 2 is 1.84 bits per heavy atom. The van der Waals surface area contributed by atoms with Gasteiger partial charge in [0.25, 0.3) is 11.6 Å². The van der Waals surface area contributed by atoms with Crippen molar-refractivity contribution in [3.8, 4) is 17.2 Å². The van der Waals surface area contributed by atoms with Crippen LogP contribution in [0.2, 0.25) is 0 Å². The molecule has 3 rings (SSSR count). The van der Waals surface area contributed by atoms with Crippen LogP contribution in [0.1, 0.15) is 40.4 Å². The van der Waals surface area contributed by atoms with E-state index in [9.17, 15) is 14.9 Å². The summed E-state index contributed by atoms with van der Waals surface area (Å²) in [5, 5.41) is 13.8. The molecule has 9 nitrogen and oxygen atoms in total. The summed E-state index contributed by atoms with van der Waals surface area (Å²) < 4.78 is 21.9. The summed E-state index contributed by atoms with van der Waals surface area (Å²) in [7, 11) is 3.13. The number of hydrogen-bond acceptors (Lipinski definition) is 7. The Morgan fingerprint density at radius 3 is 2.50 bits per heavy atom. The van der Waals surface area contributed by atoms with Crippen molar-refractivity contribution in [3.63, 3.8) is 0 Å². The molecule has 1 N–H and O–H groups in total. The molecule has 0 aliphatic carbocycles. The molecule has 1 heterocycles. The molecule has 1 amide bonds. The average molecular weight is 440 g/mol. The number of carbonyl (C=O) groups excluding carboxylic acids is 1. The number of nitro benzene ring substituents is 1. The summed E-state index contributed by atoms with van der Waals surface area (Å²) in [5.41, 5.74) is 1.29. The lowest BCUT2D eigenvalue weighted by molar-refractivity contribution is -0.385. The van der Waals surface area contributed by atoms with Crippen molar-refractivity contribution in [2.24, 2.45) is 0 Å². The number of methoxy groups -OCH3 is 2. The first kappa shape index (κ1) is 22.7. The van der Waals surface area contributed by atoms with E-state index in [1.807, 2.05) is 6.92 Å². The van der Waals surface area contributed by atoms with Gasteiger partial charge in [-0.1, -0.05) is 0 Å². The lowest BCUT2D eigenvalue weighted by atomic mass is 10.1. The van der Waals surface area contributed by atoms with Crippen LogP contribution in [-0.4, -0.2) is 25.1 Å². The number of ether oxygens (including phenoxy) is 3. The van der Waals surface area contributed by atoms with Crippen LogP contribution in [-0.2, 0) is 6.61 Å². The molecule has 0 aliphatic heterocycles. The summed E-state index contributed by atoms with van der Waals surface area (Å²) in [6.45, 7) is 3.54. The first-order valence-electron chi connectivity index (χ1n) is 9.81. The van der Waals surface area contributed by atoms with Crippen molar-refractivity contribution in [2.75, 3.05) is 14.2 Å². The number of nitrogens with one attached hydrogen (secondary N) is 1. The van der Waals surface area contributed by atoms with E-state index in [0.717, 1.165) is 5.56 Å². The highest BCUT2D eigenvalue weighted by Crippen LogP contribution is 2.29. The van der Waals surface area contributed by atoms with Gasteiger partial charge in [-0.3, -0.25) is 14.9 Å². The molecule has 0 bridgehead atoms. The SMILES string of the molecule is COc1ccc(OC)c(C(C)NC(=O)c2ccc(COc3ccc([N+](=O)[O-])c(C)c3)o2)c1. The van der Waals surface area contributed by atoms with Crippen LogP contribution < -0.4 is 19.5 Å². The lowest BCUT2D eigenvalue weighted by Gasteiger charge is -2.17. The molecular weight excluding hydrogens is 416 g/mol. The predicted octanol–water partition coefficient (Wildman–Crippen LogP) is 4.58. The second-order valence-corrected chi connectivity index (χ2v) is 7.06. The van der Waals surface area contributed by atoms with Gasteiger partial charge in [-0.05, 0) is 56.3 Å². The summed E-state index contributed by atoms with van der Waals surface area (Å²) >= 11 is 0. The second kappa shape index (κ2) is 9.86. The standard InChI is InChI=1S/C23H24N2O7/c1-14-11-17(5-8-20(14)25(27)28)31-13-18-7-10-22(32-18)23(26)24-15(2)19-12-16(29-3)6-9-21(19)30-4/h5-12,15H,13H2,1-4H3,(H,24,26). The third-order valence-electron chi connectivity index (χ3n) is 4.88. The van der Waals surface area contributed by atoms with Gasteiger partial charge in [-0.25, -0.2) is 0 Å². The number of carbonyl (C=O) groups is 1. The average Bonchev–Trinajstić information content (AvgIpc) is 3.26. The molecule has 0 fully saturated rings. The molecule has 1 aromatic heterocycles. The number of furan rings is 1. The van der Waals surface area contributed by atoms with Gasteiger partial charge in [0.05, 0.1) is 25.2 Å². The van der Waals surface area contributed by atoms with Gasteiger partial charge < -0.3 is 23.9 Å². The monoisotopic (exact) mass is 440 g/mol. The van der Waals surface area contributed by atoms with Gasteiger partial charge in [-0.2, -0.15) is 0 Å². The van der Waals surface area contributed by atoms with E-state index in [2.05, 4.69) is 5.32 Å². The van der Waals surface area contributed by atoms with Crippen LogP contribution in [0.5, 0.6) is 17.2 Å². The zero-order valence-corrected chi connectivity index (χ0v) is 18.2. The smallest absolute Gasteiger partial charge is 0.287 e. The first-order chi connectivity index (χ1) is 15.3. The Labute approximate surface area is 185 Å². The van der Waals surface area contributed by atoms with Gasteiger partial charge in [0.2, 0.25) is 0 Å². The Morgan fingerprint density at radius 1 is 1.09 bits per heavy atom. The maximum absolute atomic E-state index is 12.6. The van der Waals surface area contributed by atoms with Gasteiger partial charge in [0, 0.05) is 17.2 Å². The molecule has 0 spiro atoms. The van der Waals surface area contributed by atoms with Crippen LogP contribution in [0.3, 0.4) is 0 Å². The Hall–Kier alpha value is -4.01. The molecule has 0 saturated heterocycles. The zero-order chi connectivity index (χ0) is 23.3. The van der Waals surface area contributed by atoms with E-state index in [0.29, 0.717) is 28.6 Å². The summed E-state index contributed by atoms with van der Waals surface area (Å²) in [6, 6.07) is 12.7. The number of amides is 1. The van der Waals surface area contributed by atoms with E-state index in [-0.39, 0.29) is 30.0 Å². The van der Waals surface area contributed by atoms with Gasteiger partial charge in [-0.15, -0.1) is 0 Å². The number of hydrogen-bond donors (Lipinski definition) is 1. The van der Waals surface area contributed by atoms with Gasteiger partial charge in [0.15, 0.2) is 5.76 Å². The predicted molar refractivity (Wildman–Crippen MR) is 116 cm³/mol. The van der Waals surface area contributed by atoms with Crippen LogP contribution in [0, 0.1) is 17.0 Å². The minimum absolute atomic E-state index is 0.0242. The molecule has 0 saturated carbocycles. The van der Waals surface area contributed by atoms with Crippen molar-refractivity contribution in [1.82, 2.24) is 5.32 Å². The van der Waals surface area contributed by atoms with Gasteiger partial charge >= 0.3 is 0 Å². The number of nitro groups is 1. The highest BCUT2D eigenvalue weighted by molar-refractivity contribution is 5.91. The van der Waals surface area contributed by atoms with Crippen molar-refractivity contribution in [1.29, 1.82) is 0 Å². The Bertz CT molecular complexity index is 1120. The zero-order valence-electron chi connectivity index (χ0n) is 18.2. The molecule has 1 unspecified atom stereocenters. The number of nitrogens with zero attached hydrogens (tertiary/aromatic N) is 1. The first-order valence-corrected chi connectivity index (χ1v) is 9.81. The maximum Gasteiger partial charge on any atom is 0.287 e. The van der Waals surface area contributed by atoms with E-state index in [1.54, 1.807) is 57.5 Å². The van der Waals surface area contributed by atoms with Crippen LogP contribution >= 0.6 is 0 Å². The fourth-order valence-corrected chi connectivity index (χ4v) is 3.18. The minimum Gasteiger partial charge on any atom is -0.497 e. The third-order valence-corrected chi connectivity index (χ3v) is 4.88. The molecule has 0 aliphatic rings. The molecule has 9 heteroatoms. The third kappa shape index (κ3) is 5.18. The molecule has 168 valence electrons. The fourth-order valence-electron chi connectivity index (χ4n) is 3.18. The summed E-state index contributed by atoms with van der Waals surface area (Å²) in [5.74, 6) is 1.94. The fraction of sp³-hybridized carbons (Fsp3) is 0.261. The molecular formula is C23H24N2O7. The van der Waals surface area contributed by atoms with E-state index in [4.69, 9.17) is 18.6 Å². The molecule has 2 aromatic carbocycles. The summed E-state index contributed by atoms with van der Waals surface area (Å²) in [6.07, 6.45) is 0. The molecule has 0 radical (unpaired) electrons. The lowest BCUT2D eigenvalue weighted by Crippen LogP contribution is -2.26. The quantitative estimate of drug-likeness (QED) is 0.383. The van der Waals surface area contributed by atoms with Crippen molar-refractivity contribution >= 4 is 11.6 Å². The normalized spacial score (nSPS) is 11.5. The second-order valence-electron chi connectivity index (χ2n) is 7.06. The summed E-state index contributed by atoms with van der Waals surface area (Å²) in [4.78, 5) is 23.1. The van der Waals surface area contributed by atoms with Crippen LogP contribution in [0.4, 0.5) is 5.69 Å². The highest BCUT2D eigenvalue weighted by atomic mass is 16.6. The minimum atomic E-state index is -0.446. The Kier molecular flexibility index (Phi) is 6.99. The van der Waals surface area contributed by atoms with E-state index < -0.39 is 4.92 Å². The molecule has 1 atom stereocenters.